The van der Waals surface area contributed by atoms with Crippen molar-refractivity contribution >= 4 is 5.97 Å². The molecule has 1 heterocycles. The van der Waals surface area contributed by atoms with Crippen LogP contribution in [0.2, 0.25) is 0 Å². The fraction of sp³-hybridized carbons (Fsp3) is 0.500. The van der Waals surface area contributed by atoms with Crippen LogP contribution < -0.4 is 5.32 Å². The predicted molar refractivity (Wildman–Crippen MR) is 65.9 cm³/mol. The molecule has 1 saturated carbocycles. The van der Waals surface area contributed by atoms with E-state index < -0.39 is 5.54 Å². The number of methoxy groups -OCH3 is 1. The van der Waals surface area contributed by atoms with Gasteiger partial charge in [0.05, 0.1) is 20.3 Å². The molecule has 18 heavy (non-hydrogen) atoms. The van der Waals surface area contributed by atoms with Gasteiger partial charge in [0, 0.05) is 6.04 Å². The third-order valence-electron chi connectivity index (χ3n) is 3.62. The van der Waals surface area contributed by atoms with Crippen LogP contribution in [-0.2, 0) is 26.4 Å². The molecule has 3 rings (SSSR count). The molecule has 96 valence electrons. The number of ether oxygens (including phenoxy) is 2. The molecule has 0 aromatic heterocycles. The van der Waals surface area contributed by atoms with E-state index in [-0.39, 0.29) is 5.97 Å². The van der Waals surface area contributed by atoms with Crippen LogP contribution in [0.4, 0.5) is 0 Å². The van der Waals surface area contributed by atoms with Crippen LogP contribution >= 0.6 is 0 Å². The van der Waals surface area contributed by atoms with Crippen LogP contribution in [0, 0.1) is 0 Å². The van der Waals surface area contributed by atoms with Gasteiger partial charge in [-0.3, -0.25) is 5.32 Å². The van der Waals surface area contributed by atoms with Crippen molar-refractivity contribution in [2.45, 2.75) is 31.0 Å². The number of carbonyl (C=O) groups is 1. The predicted octanol–water partition coefficient (Wildman–Crippen LogP) is 1.34. The molecule has 1 atom stereocenters. The molecule has 1 fully saturated rings. The lowest BCUT2D eigenvalue weighted by atomic mass is 9.85. The Morgan fingerprint density at radius 2 is 2.22 bits per heavy atom. The molecule has 1 N–H and O–H groups in total. The second kappa shape index (κ2) is 4.37. The van der Waals surface area contributed by atoms with Gasteiger partial charge in [0.15, 0.2) is 5.54 Å². The van der Waals surface area contributed by atoms with Gasteiger partial charge in [-0.1, -0.05) is 24.3 Å². The lowest BCUT2D eigenvalue weighted by Crippen LogP contribution is -2.56. The number of carbonyl (C=O) groups excluding carboxylic acids is 1. The van der Waals surface area contributed by atoms with Gasteiger partial charge < -0.3 is 9.47 Å². The Hall–Kier alpha value is -1.39. The van der Waals surface area contributed by atoms with Gasteiger partial charge in [0.1, 0.15) is 0 Å². The van der Waals surface area contributed by atoms with E-state index in [1.807, 2.05) is 24.3 Å². The Bertz CT molecular complexity index is 470. The topological polar surface area (TPSA) is 47.6 Å². The van der Waals surface area contributed by atoms with Crippen molar-refractivity contribution in [3.05, 3.63) is 35.4 Å². The zero-order valence-electron chi connectivity index (χ0n) is 10.4. The molecule has 1 unspecified atom stereocenters. The SMILES string of the molecule is COC(=O)C1(NC2CC2)COCc2ccccc21. The lowest BCUT2D eigenvalue weighted by Gasteiger charge is -2.37. The largest absolute Gasteiger partial charge is 0.467 e. The first-order valence-electron chi connectivity index (χ1n) is 6.28. The molecule has 0 amide bonds. The molecule has 4 heteroatoms. The smallest absolute Gasteiger partial charge is 0.333 e. The van der Waals surface area contributed by atoms with E-state index in [2.05, 4.69) is 5.32 Å². The third-order valence-corrected chi connectivity index (χ3v) is 3.62. The first kappa shape index (κ1) is 11.7. The van der Waals surface area contributed by atoms with E-state index in [1.165, 1.54) is 7.11 Å². The summed E-state index contributed by atoms with van der Waals surface area (Å²) in [4.78, 5) is 12.3. The van der Waals surface area contributed by atoms with E-state index >= 15 is 0 Å². The van der Waals surface area contributed by atoms with E-state index in [9.17, 15) is 4.79 Å². The second-order valence-corrected chi connectivity index (χ2v) is 4.97. The van der Waals surface area contributed by atoms with Gasteiger partial charge in [-0.25, -0.2) is 4.79 Å². The fourth-order valence-corrected chi connectivity index (χ4v) is 2.55. The quantitative estimate of drug-likeness (QED) is 0.819. The van der Waals surface area contributed by atoms with Crippen LogP contribution in [0.25, 0.3) is 0 Å². The average molecular weight is 247 g/mol. The number of esters is 1. The van der Waals surface area contributed by atoms with Crippen molar-refractivity contribution in [2.75, 3.05) is 13.7 Å². The maximum Gasteiger partial charge on any atom is 0.333 e. The lowest BCUT2D eigenvalue weighted by molar-refractivity contribution is -0.154. The highest BCUT2D eigenvalue weighted by Crippen LogP contribution is 2.35. The van der Waals surface area contributed by atoms with Crippen molar-refractivity contribution in [2.24, 2.45) is 0 Å². The van der Waals surface area contributed by atoms with Crippen molar-refractivity contribution in [3.63, 3.8) is 0 Å². The maximum atomic E-state index is 12.3. The summed E-state index contributed by atoms with van der Waals surface area (Å²) in [6, 6.07) is 8.31. The summed E-state index contributed by atoms with van der Waals surface area (Å²) >= 11 is 0. The van der Waals surface area contributed by atoms with Crippen LogP contribution in [0.1, 0.15) is 24.0 Å². The Kier molecular flexibility index (Phi) is 2.84. The Balaban J connectivity index is 2.05. The highest BCUT2D eigenvalue weighted by molar-refractivity contribution is 5.83. The van der Waals surface area contributed by atoms with Gasteiger partial charge in [0.2, 0.25) is 0 Å². The molecule has 1 aromatic carbocycles. The molecule has 1 aliphatic heterocycles. The van der Waals surface area contributed by atoms with Gasteiger partial charge in [-0.05, 0) is 24.0 Å². The van der Waals surface area contributed by atoms with E-state index in [1.54, 1.807) is 0 Å². The summed E-state index contributed by atoms with van der Waals surface area (Å²) in [6.45, 7) is 0.897. The molecular formula is C14H17NO3. The molecule has 1 aromatic rings. The van der Waals surface area contributed by atoms with Crippen molar-refractivity contribution < 1.29 is 14.3 Å². The number of nitrogens with one attached hydrogen (secondary N) is 1. The van der Waals surface area contributed by atoms with Crippen LogP contribution in [0.5, 0.6) is 0 Å². The summed E-state index contributed by atoms with van der Waals surface area (Å²) < 4.78 is 10.6. The van der Waals surface area contributed by atoms with Crippen LogP contribution in [0.3, 0.4) is 0 Å². The molecule has 1 aliphatic carbocycles. The van der Waals surface area contributed by atoms with Gasteiger partial charge in [0.25, 0.3) is 0 Å². The van der Waals surface area contributed by atoms with E-state index in [4.69, 9.17) is 9.47 Å². The highest BCUT2D eigenvalue weighted by Gasteiger charge is 2.48. The summed E-state index contributed by atoms with van der Waals surface area (Å²) in [5, 5.41) is 3.41. The highest BCUT2D eigenvalue weighted by atomic mass is 16.5. The molecule has 2 aliphatic rings. The Morgan fingerprint density at radius 3 is 2.94 bits per heavy atom. The zero-order chi connectivity index (χ0) is 12.6. The van der Waals surface area contributed by atoms with Gasteiger partial charge >= 0.3 is 5.97 Å². The third kappa shape index (κ3) is 1.82. The Labute approximate surface area is 106 Å². The molecule has 4 nitrogen and oxygen atoms in total. The summed E-state index contributed by atoms with van der Waals surface area (Å²) in [5.74, 6) is -0.262. The van der Waals surface area contributed by atoms with Crippen molar-refractivity contribution in [1.82, 2.24) is 5.32 Å². The first-order chi connectivity index (χ1) is 8.76. The zero-order valence-corrected chi connectivity index (χ0v) is 10.4. The van der Waals surface area contributed by atoms with Crippen LogP contribution in [0.15, 0.2) is 24.3 Å². The van der Waals surface area contributed by atoms with E-state index in [0.717, 1.165) is 24.0 Å². The second-order valence-electron chi connectivity index (χ2n) is 4.97. The van der Waals surface area contributed by atoms with Crippen LogP contribution in [-0.4, -0.2) is 25.7 Å². The number of fused-ring (bicyclic) bond motifs is 1. The minimum Gasteiger partial charge on any atom is -0.467 e. The minimum absolute atomic E-state index is 0.262. The van der Waals surface area contributed by atoms with Crippen molar-refractivity contribution in [1.29, 1.82) is 0 Å². The fourth-order valence-electron chi connectivity index (χ4n) is 2.55. The number of benzene rings is 1. The Morgan fingerprint density at radius 1 is 1.44 bits per heavy atom. The normalized spacial score (nSPS) is 26.5. The van der Waals surface area contributed by atoms with Gasteiger partial charge in [-0.15, -0.1) is 0 Å². The minimum atomic E-state index is -0.829. The number of rotatable bonds is 3. The van der Waals surface area contributed by atoms with Gasteiger partial charge in [-0.2, -0.15) is 0 Å². The maximum absolute atomic E-state index is 12.3. The molecule has 0 bridgehead atoms. The van der Waals surface area contributed by atoms with Crippen molar-refractivity contribution in [3.8, 4) is 0 Å². The molecule has 0 saturated heterocycles. The average Bonchev–Trinajstić information content (AvgIpc) is 3.22. The standard InChI is InChI=1S/C14H17NO3/c1-17-13(16)14(15-11-6-7-11)9-18-8-10-4-2-3-5-12(10)14/h2-5,11,15H,6-9H2,1H3. The number of hydrogen-bond acceptors (Lipinski definition) is 4. The summed E-state index contributed by atoms with van der Waals surface area (Å²) in [5.41, 5.74) is 1.22. The summed E-state index contributed by atoms with van der Waals surface area (Å²) in [6.07, 6.45) is 2.22. The molecule has 0 spiro atoms. The number of hydrogen-bond donors (Lipinski definition) is 1. The first-order valence-corrected chi connectivity index (χ1v) is 6.28. The monoisotopic (exact) mass is 247 g/mol. The molecular weight excluding hydrogens is 230 g/mol. The molecule has 0 radical (unpaired) electrons. The summed E-state index contributed by atoms with van der Waals surface area (Å²) in [7, 11) is 1.43. The van der Waals surface area contributed by atoms with E-state index in [0.29, 0.717) is 19.3 Å².